The summed E-state index contributed by atoms with van der Waals surface area (Å²) in [4.78, 5) is 138. The van der Waals surface area contributed by atoms with E-state index in [2.05, 4.69) is 10.6 Å². The van der Waals surface area contributed by atoms with Gasteiger partial charge in [-0.05, 0) is 81.9 Å². The van der Waals surface area contributed by atoms with Crippen molar-refractivity contribution in [3.63, 3.8) is 0 Å². The Kier molecular flexibility index (Phi) is 23.4. The molecule has 2 N–H and O–H groups in total. The van der Waals surface area contributed by atoms with Crippen molar-refractivity contribution in [1.29, 1.82) is 0 Å². The quantitative estimate of drug-likeness (QED) is 0.114. The number of hydrogen-bond acceptors (Lipinski definition) is 13. The molecule has 0 bridgehead atoms. The molecule has 1 aliphatic carbocycles. The van der Waals surface area contributed by atoms with Crippen molar-refractivity contribution in [1.82, 2.24) is 45.1 Å². The lowest BCUT2D eigenvalue weighted by molar-refractivity contribution is -0.200. The van der Waals surface area contributed by atoms with Gasteiger partial charge in [0.25, 0.3) is 17.7 Å². The van der Waals surface area contributed by atoms with E-state index < -0.39 is 47.8 Å². The van der Waals surface area contributed by atoms with Crippen molar-refractivity contribution in [2.24, 2.45) is 23.7 Å². The molecule has 21 nitrogen and oxygen atoms in total. The van der Waals surface area contributed by atoms with Gasteiger partial charge in [0.05, 0.1) is 49.3 Å². The van der Waals surface area contributed by atoms with Gasteiger partial charge < -0.3 is 39.7 Å². The molecule has 5 aliphatic rings. The molecule has 3 saturated heterocycles. The molecule has 10 atom stereocenters. The predicted octanol–water partition coefficient (Wildman–Crippen LogP) is 3.76. The van der Waals surface area contributed by atoms with Gasteiger partial charge in [0.15, 0.2) is 0 Å². The maximum atomic E-state index is 14.8. The number of amides is 9. The van der Waals surface area contributed by atoms with E-state index >= 15 is 0 Å². The molecular weight excluding hydrogens is 1040 g/mol. The first kappa shape index (κ1) is 64.4. The number of piperazine rings is 1. The summed E-state index contributed by atoms with van der Waals surface area (Å²) in [6.45, 7) is 17.0. The van der Waals surface area contributed by atoms with E-state index in [4.69, 9.17) is 14.3 Å². The van der Waals surface area contributed by atoms with Crippen LogP contribution in [0.2, 0.25) is 0 Å². The number of nitrogens with zero attached hydrogens (tertiary/aromatic N) is 7. The number of carbonyl (C=O) groups is 9. The number of rotatable bonds is 28. The monoisotopic (exact) mass is 1130 g/mol. The zero-order valence-electron chi connectivity index (χ0n) is 50.1. The van der Waals surface area contributed by atoms with Gasteiger partial charge in [0.2, 0.25) is 35.4 Å². The fraction of sp³-hybridized carbons (Fsp3) is 0.717. The van der Waals surface area contributed by atoms with Crippen LogP contribution in [0.5, 0.6) is 0 Å². The molecule has 1 aromatic rings. The van der Waals surface area contributed by atoms with Gasteiger partial charge in [-0.25, -0.2) is 5.06 Å². The molecule has 9 amide bonds. The van der Waals surface area contributed by atoms with Gasteiger partial charge in [0, 0.05) is 98.0 Å². The Morgan fingerprint density at radius 2 is 1.40 bits per heavy atom. The Hall–Kier alpha value is -5.77. The highest BCUT2D eigenvalue weighted by Gasteiger charge is 2.64. The summed E-state index contributed by atoms with van der Waals surface area (Å²) in [5, 5.41) is 7.66. The van der Waals surface area contributed by atoms with Crippen LogP contribution in [0.4, 0.5) is 0 Å². The average molecular weight is 1130 g/mol. The van der Waals surface area contributed by atoms with E-state index in [0.29, 0.717) is 90.9 Å². The van der Waals surface area contributed by atoms with Crippen LogP contribution in [0.3, 0.4) is 0 Å². The summed E-state index contributed by atoms with van der Waals surface area (Å²) in [5.41, 5.74) is -0.213. The molecule has 450 valence electrons. The Morgan fingerprint density at radius 1 is 0.765 bits per heavy atom. The number of likely N-dealkylation sites (N-methyl/N-ethyl adjacent to an activating group) is 2. The van der Waals surface area contributed by atoms with Crippen LogP contribution in [-0.2, 0) is 57.5 Å². The lowest BCUT2D eigenvalue weighted by Gasteiger charge is -2.41. The highest BCUT2D eigenvalue weighted by Crippen LogP contribution is 2.53. The third-order valence-electron chi connectivity index (χ3n) is 17.5. The zero-order valence-corrected chi connectivity index (χ0v) is 50.1. The van der Waals surface area contributed by atoms with Gasteiger partial charge in [-0.1, -0.05) is 85.2 Å². The maximum absolute atomic E-state index is 14.8. The van der Waals surface area contributed by atoms with Gasteiger partial charge in [0.1, 0.15) is 11.6 Å². The van der Waals surface area contributed by atoms with Crippen LogP contribution in [0, 0.1) is 23.7 Å². The highest BCUT2D eigenvalue weighted by atomic mass is 16.7. The molecule has 6 rings (SSSR count). The standard InChI is InChI=1S/C60H93N9O12/c1-12-41(6)54(46(79-10)37-51(74)67-29-18-23-45(67)55(80-11)42(7)56(75)62-60(59(78)69-31-16-17-36-81-69)38-44(60)43-21-14-13-15-22-43)64(9)58(77)52(39(2)3)61-57(76)53(40(4)5)63(8)28-19-24-47(70)65-32-34-66(35-33-65)48(71)25-20-30-68-49(72)26-27-50(68)73/h13-15,21-22,26-27,39-42,44-46,52-55H,12,16-20,23-25,28-38H2,1-11H3,(H,61,76)(H,62,75)/t41?,42?,44-,45+,46?,52?,53?,54?,55?,60+/m1/s1. The second-order valence-electron chi connectivity index (χ2n) is 23.7. The molecule has 4 fully saturated rings. The smallest absolute Gasteiger partial charge is 0.272 e. The van der Waals surface area contributed by atoms with Crippen molar-refractivity contribution in [2.75, 3.05) is 87.3 Å². The third-order valence-corrected chi connectivity index (χ3v) is 17.5. The topological polar surface area (TPSA) is 228 Å². The number of likely N-dealkylation sites (tertiary alicyclic amines) is 1. The van der Waals surface area contributed by atoms with Gasteiger partial charge in [-0.15, -0.1) is 0 Å². The lowest BCUT2D eigenvalue weighted by Crippen LogP contribution is -2.60. The lowest BCUT2D eigenvalue weighted by atomic mass is 9.89. The number of carbonyl (C=O) groups excluding carboxylic acids is 9. The molecule has 0 radical (unpaired) electrons. The highest BCUT2D eigenvalue weighted by molar-refractivity contribution is 6.12. The third kappa shape index (κ3) is 15.7. The van der Waals surface area contributed by atoms with Crippen LogP contribution in [0.1, 0.15) is 131 Å². The van der Waals surface area contributed by atoms with Gasteiger partial charge in [-0.2, -0.15) is 0 Å². The van der Waals surface area contributed by atoms with Gasteiger partial charge >= 0.3 is 0 Å². The molecule has 4 heterocycles. The van der Waals surface area contributed by atoms with E-state index in [-0.39, 0.29) is 103 Å². The second-order valence-corrected chi connectivity index (χ2v) is 23.7. The summed E-state index contributed by atoms with van der Waals surface area (Å²) in [6, 6.07) is 7.18. The molecule has 4 aliphatic heterocycles. The van der Waals surface area contributed by atoms with Crippen LogP contribution < -0.4 is 10.6 Å². The van der Waals surface area contributed by atoms with Crippen molar-refractivity contribution < 1.29 is 57.5 Å². The summed E-state index contributed by atoms with van der Waals surface area (Å²) < 4.78 is 12.2. The number of imide groups is 1. The summed E-state index contributed by atoms with van der Waals surface area (Å²) in [7, 11) is 6.64. The number of hydroxylamine groups is 2. The molecule has 0 aromatic heterocycles. The van der Waals surface area contributed by atoms with Crippen molar-refractivity contribution in [3.05, 3.63) is 48.0 Å². The Balaban J connectivity index is 1.03. The molecular formula is C60H93N9O12. The van der Waals surface area contributed by atoms with Crippen molar-refractivity contribution in [3.8, 4) is 0 Å². The van der Waals surface area contributed by atoms with Crippen LogP contribution in [-0.4, -0.2) is 217 Å². The zero-order chi connectivity index (χ0) is 59.3. The fourth-order valence-electron chi connectivity index (χ4n) is 12.6. The SMILES string of the molecule is CCC(C)C(C(CC(=O)N1CCC[C@H]1C(OC)C(C)C(=O)N[C@@]1(C(=O)N2CCCCO2)C[C@@H]1c1ccccc1)OC)N(C)C(=O)C(NC(=O)C(C(C)C)N(C)CCCC(=O)N1CCN(C(=O)CCCN2C(=O)C=CC2=O)CC1)C(C)C. The number of nitrogens with one attached hydrogen (secondary N) is 2. The number of hydrogen-bond donors (Lipinski definition) is 2. The molecule has 1 saturated carbocycles. The van der Waals surface area contributed by atoms with E-state index in [0.717, 1.165) is 23.3 Å². The van der Waals surface area contributed by atoms with E-state index in [9.17, 15) is 43.2 Å². The Labute approximate surface area is 480 Å². The maximum Gasteiger partial charge on any atom is 0.272 e. The van der Waals surface area contributed by atoms with Crippen molar-refractivity contribution in [2.45, 2.75) is 167 Å². The van der Waals surface area contributed by atoms with E-state index in [1.54, 1.807) is 47.8 Å². The molecule has 21 heteroatoms. The normalized spacial score (nSPS) is 22.9. The minimum Gasteiger partial charge on any atom is -0.379 e. The summed E-state index contributed by atoms with van der Waals surface area (Å²) >= 11 is 0. The first-order chi connectivity index (χ1) is 38.6. The van der Waals surface area contributed by atoms with E-state index in [1.807, 2.05) is 83.8 Å². The minimum absolute atomic E-state index is 0.0349. The summed E-state index contributed by atoms with van der Waals surface area (Å²) in [6.07, 6.45) is 6.37. The molecule has 7 unspecified atom stereocenters. The Bertz CT molecular complexity index is 2370. The minimum atomic E-state index is -1.17. The molecule has 0 spiro atoms. The van der Waals surface area contributed by atoms with Gasteiger partial charge in [-0.3, -0.25) is 57.8 Å². The van der Waals surface area contributed by atoms with Crippen LogP contribution in [0.25, 0.3) is 0 Å². The Morgan fingerprint density at radius 3 is 1.95 bits per heavy atom. The van der Waals surface area contributed by atoms with Crippen molar-refractivity contribution >= 4 is 53.2 Å². The molecule has 81 heavy (non-hydrogen) atoms. The first-order valence-electron chi connectivity index (χ1n) is 29.6. The second kappa shape index (κ2) is 29.5. The van der Waals surface area contributed by atoms with Crippen LogP contribution >= 0.6 is 0 Å². The van der Waals surface area contributed by atoms with E-state index in [1.165, 1.54) is 17.2 Å². The predicted molar refractivity (Wildman–Crippen MR) is 303 cm³/mol. The first-order valence-corrected chi connectivity index (χ1v) is 29.6. The molecule has 1 aromatic carbocycles. The summed E-state index contributed by atoms with van der Waals surface area (Å²) in [5.74, 6) is -3.80. The average Bonchev–Trinajstić information content (AvgIpc) is 3.71. The number of ether oxygens (including phenoxy) is 2. The largest absolute Gasteiger partial charge is 0.379 e. The number of benzene rings is 1. The number of methoxy groups -OCH3 is 2. The van der Waals surface area contributed by atoms with Crippen LogP contribution in [0.15, 0.2) is 42.5 Å². The fourth-order valence-corrected chi connectivity index (χ4v) is 12.6.